The van der Waals surface area contributed by atoms with Gasteiger partial charge in [-0.2, -0.15) is 0 Å². The minimum atomic E-state index is -0.840. The van der Waals surface area contributed by atoms with Crippen LogP contribution in [0.3, 0.4) is 0 Å². The third kappa shape index (κ3) is 5.22. The molecule has 2 aromatic rings. The Morgan fingerprint density at radius 1 is 0.929 bits per heavy atom. The Morgan fingerprint density at radius 3 is 1.79 bits per heavy atom. The van der Waals surface area contributed by atoms with Crippen LogP contribution in [0.15, 0.2) is 24.3 Å². The van der Waals surface area contributed by atoms with Crippen LogP contribution in [-0.4, -0.2) is 31.1 Å². The average Bonchev–Trinajstić information content (AvgIpc) is 2.65. The number of nitrogens with zero attached hydrogens (tertiary/aromatic N) is 1. The van der Waals surface area contributed by atoms with E-state index < -0.39 is 34.2 Å². The largest absolute Gasteiger partial charge is 0.465 e. The van der Waals surface area contributed by atoms with E-state index in [2.05, 4.69) is 9.47 Å². The number of nitrogen functional groups attached to an aromatic ring is 1. The molecule has 0 bridgehead atoms. The number of carbonyl (C=O) groups excluding carboxylic acids is 2. The number of ether oxygens (including phenoxy) is 2. The van der Waals surface area contributed by atoms with Crippen LogP contribution in [-0.2, 0) is 9.47 Å². The van der Waals surface area contributed by atoms with Crippen molar-refractivity contribution < 1.29 is 32.8 Å². The highest BCUT2D eigenvalue weighted by Crippen LogP contribution is 2.23. The molecule has 0 amide bonds. The Bertz CT molecular complexity index is 931. The minimum Gasteiger partial charge on any atom is -0.465 e. The number of benzene rings is 2. The zero-order valence-electron chi connectivity index (χ0n) is 15.5. The van der Waals surface area contributed by atoms with E-state index in [9.17, 15) is 28.5 Å². The van der Waals surface area contributed by atoms with E-state index in [4.69, 9.17) is 5.73 Å². The summed E-state index contributed by atoms with van der Waals surface area (Å²) in [6.45, 7) is 3.00. The maximum atomic E-state index is 13.0. The predicted molar refractivity (Wildman–Crippen MR) is 96.0 cm³/mol. The van der Waals surface area contributed by atoms with Gasteiger partial charge in [-0.3, -0.25) is 10.1 Å². The number of esters is 2. The standard InChI is InChI=1S/C9H8FNO4.C9H10FNO2/c1-5-7(9(12)15-2)3-6(10)4-8(5)11(13)14;1-5-7(9(12)13-2)3-6(10)4-8(5)11/h3-4H,1-2H3;3-4H,11H2,1-2H3. The molecular formula is C18H18F2N2O6. The molecule has 0 saturated heterocycles. The lowest BCUT2D eigenvalue weighted by atomic mass is 10.1. The Balaban J connectivity index is 0.000000283. The lowest BCUT2D eigenvalue weighted by Gasteiger charge is -2.06. The topological polar surface area (TPSA) is 122 Å². The van der Waals surface area contributed by atoms with Crippen LogP contribution in [0.5, 0.6) is 0 Å². The molecule has 2 rings (SSSR count). The molecule has 0 aliphatic heterocycles. The van der Waals surface area contributed by atoms with Gasteiger partial charge in [-0.05, 0) is 37.6 Å². The van der Waals surface area contributed by atoms with Crippen LogP contribution in [0.25, 0.3) is 0 Å². The maximum Gasteiger partial charge on any atom is 0.338 e. The normalized spacial score (nSPS) is 9.79. The van der Waals surface area contributed by atoms with E-state index in [-0.39, 0.29) is 22.4 Å². The van der Waals surface area contributed by atoms with Crippen molar-refractivity contribution in [2.45, 2.75) is 13.8 Å². The first-order valence-corrected chi connectivity index (χ1v) is 7.70. The molecule has 0 atom stereocenters. The molecule has 0 fully saturated rings. The van der Waals surface area contributed by atoms with Crippen molar-refractivity contribution in [3.63, 3.8) is 0 Å². The second-order valence-electron chi connectivity index (χ2n) is 5.51. The number of hydrogen-bond donors (Lipinski definition) is 1. The van der Waals surface area contributed by atoms with E-state index in [1.165, 1.54) is 20.1 Å². The number of carbonyl (C=O) groups is 2. The average molecular weight is 396 g/mol. The fourth-order valence-electron chi connectivity index (χ4n) is 2.20. The summed E-state index contributed by atoms with van der Waals surface area (Å²) in [6, 6.07) is 3.95. The minimum absolute atomic E-state index is 0.0910. The number of rotatable bonds is 3. The van der Waals surface area contributed by atoms with E-state index in [0.717, 1.165) is 25.3 Å². The Labute approximate surface area is 159 Å². The third-order valence-corrected chi connectivity index (χ3v) is 3.76. The quantitative estimate of drug-likeness (QED) is 0.365. The van der Waals surface area contributed by atoms with Crippen LogP contribution in [0.2, 0.25) is 0 Å². The van der Waals surface area contributed by atoms with E-state index in [1.54, 1.807) is 6.92 Å². The number of methoxy groups -OCH3 is 2. The van der Waals surface area contributed by atoms with Gasteiger partial charge in [0.1, 0.15) is 11.6 Å². The van der Waals surface area contributed by atoms with Crippen molar-refractivity contribution in [1.82, 2.24) is 0 Å². The van der Waals surface area contributed by atoms with Crippen molar-refractivity contribution in [2.24, 2.45) is 0 Å². The Morgan fingerprint density at radius 2 is 1.36 bits per heavy atom. The Kier molecular flexibility index (Phi) is 7.55. The number of anilines is 1. The van der Waals surface area contributed by atoms with Crippen molar-refractivity contribution >= 4 is 23.3 Å². The molecule has 0 spiro atoms. The SMILES string of the molecule is COC(=O)c1cc(F)cc(N)c1C.COC(=O)c1cc(F)cc([N+](=O)[O-])c1C. The van der Waals surface area contributed by atoms with Gasteiger partial charge in [0, 0.05) is 11.3 Å². The van der Waals surface area contributed by atoms with Gasteiger partial charge in [-0.15, -0.1) is 0 Å². The molecule has 2 aromatic carbocycles. The third-order valence-electron chi connectivity index (χ3n) is 3.76. The van der Waals surface area contributed by atoms with E-state index >= 15 is 0 Å². The van der Waals surface area contributed by atoms with Gasteiger partial charge in [0.2, 0.25) is 0 Å². The van der Waals surface area contributed by atoms with Gasteiger partial charge in [0.15, 0.2) is 0 Å². The molecule has 0 aromatic heterocycles. The van der Waals surface area contributed by atoms with Gasteiger partial charge < -0.3 is 15.2 Å². The molecule has 28 heavy (non-hydrogen) atoms. The van der Waals surface area contributed by atoms with Gasteiger partial charge in [-0.25, -0.2) is 18.4 Å². The molecular weight excluding hydrogens is 378 g/mol. The molecule has 0 saturated carbocycles. The summed E-state index contributed by atoms with van der Waals surface area (Å²) in [5.74, 6) is -2.75. The molecule has 150 valence electrons. The summed E-state index contributed by atoms with van der Waals surface area (Å²) in [5, 5.41) is 10.5. The van der Waals surface area contributed by atoms with Crippen molar-refractivity contribution in [2.75, 3.05) is 20.0 Å². The van der Waals surface area contributed by atoms with Gasteiger partial charge >= 0.3 is 11.9 Å². The number of nitro benzene ring substituents is 1. The highest BCUT2D eigenvalue weighted by molar-refractivity contribution is 5.92. The van der Waals surface area contributed by atoms with E-state index in [1.807, 2.05) is 0 Å². The second kappa shape index (κ2) is 9.40. The van der Waals surface area contributed by atoms with Crippen molar-refractivity contribution in [1.29, 1.82) is 0 Å². The molecule has 0 aliphatic carbocycles. The van der Waals surface area contributed by atoms with Crippen LogP contribution >= 0.6 is 0 Å². The van der Waals surface area contributed by atoms with Crippen LogP contribution < -0.4 is 5.73 Å². The summed E-state index contributed by atoms with van der Waals surface area (Å²) in [5.41, 5.74) is 5.94. The zero-order chi connectivity index (χ0) is 21.6. The van der Waals surface area contributed by atoms with Gasteiger partial charge in [0.25, 0.3) is 5.69 Å². The molecule has 0 aliphatic rings. The van der Waals surface area contributed by atoms with Crippen molar-refractivity contribution in [3.05, 3.63) is 68.3 Å². The monoisotopic (exact) mass is 396 g/mol. The maximum absolute atomic E-state index is 13.0. The van der Waals surface area contributed by atoms with Crippen LogP contribution in [0, 0.1) is 35.6 Å². The first kappa shape index (κ1) is 22.5. The molecule has 0 heterocycles. The van der Waals surface area contributed by atoms with Crippen LogP contribution in [0.1, 0.15) is 31.8 Å². The van der Waals surface area contributed by atoms with Gasteiger partial charge in [-0.1, -0.05) is 0 Å². The smallest absolute Gasteiger partial charge is 0.338 e. The highest BCUT2D eigenvalue weighted by Gasteiger charge is 2.20. The number of nitro groups is 1. The molecule has 0 unspecified atom stereocenters. The summed E-state index contributed by atoms with van der Waals surface area (Å²) >= 11 is 0. The lowest BCUT2D eigenvalue weighted by Crippen LogP contribution is -2.06. The zero-order valence-corrected chi connectivity index (χ0v) is 15.5. The fraction of sp³-hybridized carbons (Fsp3) is 0.222. The highest BCUT2D eigenvalue weighted by atomic mass is 19.1. The fourth-order valence-corrected chi connectivity index (χ4v) is 2.20. The first-order valence-electron chi connectivity index (χ1n) is 7.70. The lowest BCUT2D eigenvalue weighted by molar-refractivity contribution is -0.385. The van der Waals surface area contributed by atoms with E-state index in [0.29, 0.717) is 5.56 Å². The van der Waals surface area contributed by atoms with Crippen molar-refractivity contribution in [3.8, 4) is 0 Å². The predicted octanol–water partition coefficient (Wildman–Crippen LogP) is 3.33. The van der Waals surface area contributed by atoms with Crippen LogP contribution in [0.4, 0.5) is 20.2 Å². The number of hydrogen-bond acceptors (Lipinski definition) is 7. The molecule has 0 radical (unpaired) electrons. The molecule has 8 nitrogen and oxygen atoms in total. The summed E-state index contributed by atoms with van der Waals surface area (Å²) < 4.78 is 34.6. The number of nitrogens with two attached hydrogens (primary N) is 1. The first-order chi connectivity index (χ1) is 13.0. The summed E-state index contributed by atoms with van der Waals surface area (Å²) in [7, 11) is 2.36. The summed E-state index contributed by atoms with van der Waals surface area (Å²) in [4.78, 5) is 32.0. The Hall–Kier alpha value is -3.56. The second-order valence-corrected chi connectivity index (χ2v) is 5.51. The molecule has 10 heteroatoms. The summed E-state index contributed by atoms with van der Waals surface area (Å²) in [6.07, 6.45) is 0. The van der Waals surface area contributed by atoms with Gasteiger partial charge in [0.05, 0.1) is 36.3 Å². The molecule has 2 N–H and O–H groups in total. The number of halogens is 2.